The Morgan fingerprint density at radius 2 is 1.76 bits per heavy atom. The lowest BCUT2D eigenvalue weighted by molar-refractivity contribution is -0.121. The molecular weight excluding hydrogens is 389 g/mol. The molecule has 0 fully saturated rings. The number of aromatic nitrogens is 2. The molecule has 1 heterocycles. The Labute approximate surface area is 173 Å². The van der Waals surface area contributed by atoms with Crippen molar-refractivity contribution in [1.82, 2.24) is 14.9 Å². The fourth-order valence-electron chi connectivity index (χ4n) is 3.31. The first-order valence-corrected chi connectivity index (χ1v) is 9.65. The van der Waals surface area contributed by atoms with Gasteiger partial charge in [-0.3, -0.25) is 4.79 Å². The second-order valence-corrected chi connectivity index (χ2v) is 7.30. The van der Waals surface area contributed by atoms with E-state index in [1.54, 1.807) is 30.6 Å². The highest BCUT2D eigenvalue weighted by atomic mass is 35.5. The summed E-state index contributed by atoms with van der Waals surface area (Å²) in [6, 6.07) is 20.9. The minimum absolute atomic E-state index is 0.119. The predicted octanol–water partition coefficient (Wildman–Crippen LogP) is 4.93. The van der Waals surface area contributed by atoms with Gasteiger partial charge >= 0.3 is 0 Å². The van der Waals surface area contributed by atoms with Gasteiger partial charge in [0.25, 0.3) is 0 Å². The molecule has 29 heavy (non-hydrogen) atoms. The summed E-state index contributed by atoms with van der Waals surface area (Å²) >= 11 is 5.91. The van der Waals surface area contributed by atoms with E-state index < -0.39 is 0 Å². The van der Waals surface area contributed by atoms with Crippen LogP contribution >= 0.6 is 11.6 Å². The Balaban J connectivity index is 1.57. The zero-order valence-corrected chi connectivity index (χ0v) is 16.3. The van der Waals surface area contributed by atoms with Crippen molar-refractivity contribution in [2.24, 2.45) is 0 Å². The van der Waals surface area contributed by atoms with Crippen LogP contribution in [-0.4, -0.2) is 15.5 Å². The molecule has 0 spiro atoms. The van der Waals surface area contributed by atoms with Crippen molar-refractivity contribution in [2.75, 3.05) is 0 Å². The highest BCUT2D eigenvalue weighted by Crippen LogP contribution is 2.20. The molecule has 1 atom stereocenters. The molecule has 146 valence electrons. The zero-order chi connectivity index (χ0) is 20.2. The van der Waals surface area contributed by atoms with Gasteiger partial charge in [0.2, 0.25) is 5.91 Å². The second kappa shape index (κ2) is 8.45. The van der Waals surface area contributed by atoms with E-state index in [1.165, 1.54) is 12.1 Å². The maximum Gasteiger partial charge on any atom is 0.224 e. The van der Waals surface area contributed by atoms with E-state index in [0.29, 0.717) is 11.6 Å². The van der Waals surface area contributed by atoms with Crippen LogP contribution < -0.4 is 5.32 Å². The molecule has 0 aliphatic rings. The monoisotopic (exact) mass is 407 g/mol. The van der Waals surface area contributed by atoms with Crippen LogP contribution in [0.4, 0.5) is 4.39 Å². The average Bonchev–Trinajstić information content (AvgIpc) is 3.13. The number of benzene rings is 3. The van der Waals surface area contributed by atoms with Gasteiger partial charge in [-0.25, -0.2) is 9.37 Å². The number of para-hydroxylation sites is 2. The number of amides is 1. The van der Waals surface area contributed by atoms with Crippen LogP contribution in [0.5, 0.6) is 0 Å². The summed E-state index contributed by atoms with van der Waals surface area (Å²) in [6.07, 6.45) is 1.99. The van der Waals surface area contributed by atoms with Crippen molar-refractivity contribution >= 4 is 28.5 Å². The molecule has 1 amide bonds. The van der Waals surface area contributed by atoms with E-state index in [9.17, 15) is 9.18 Å². The van der Waals surface area contributed by atoms with E-state index in [-0.39, 0.29) is 24.2 Å². The first-order chi connectivity index (χ1) is 14.1. The summed E-state index contributed by atoms with van der Waals surface area (Å²) < 4.78 is 15.4. The summed E-state index contributed by atoms with van der Waals surface area (Å²) in [6.45, 7) is 0.485. The van der Waals surface area contributed by atoms with Crippen LogP contribution in [0.3, 0.4) is 0 Å². The standard InChI is InChI=1S/C23H19ClFN3O/c24-18-9-5-16(6-10-18)13-23(29)27-21(17-7-11-19(25)12-8-17)14-28-15-26-20-3-1-2-4-22(20)28/h1-12,15,21H,13-14H2,(H,27,29). The third-order valence-electron chi connectivity index (χ3n) is 4.79. The first-order valence-electron chi connectivity index (χ1n) is 9.27. The van der Waals surface area contributed by atoms with E-state index in [0.717, 1.165) is 22.2 Å². The highest BCUT2D eigenvalue weighted by molar-refractivity contribution is 6.30. The predicted molar refractivity (Wildman–Crippen MR) is 112 cm³/mol. The van der Waals surface area contributed by atoms with Gasteiger partial charge in [-0.1, -0.05) is 48.0 Å². The third kappa shape index (κ3) is 4.63. The number of halogens is 2. The number of carbonyl (C=O) groups is 1. The van der Waals surface area contributed by atoms with Gasteiger partial charge in [-0.05, 0) is 47.5 Å². The Morgan fingerprint density at radius 1 is 1.03 bits per heavy atom. The van der Waals surface area contributed by atoms with Crippen molar-refractivity contribution in [3.05, 3.63) is 101 Å². The Morgan fingerprint density at radius 3 is 2.52 bits per heavy atom. The molecule has 0 radical (unpaired) electrons. The second-order valence-electron chi connectivity index (χ2n) is 6.86. The van der Waals surface area contributed by atoms with Crippen molar-refractivity contribution in [3.8, 4) is 0 Å². The molecule has 4 aromatic rings. The largest absolute Gasteiger partial charge is 0.347 e. The van der Waals surface area contributed by atoms with Gasteiger partial charge in [0.15, 0.2) is 0 Å². The first kappa shape index (κ1) is 19.2. The van der Waals surface area contributed by atoms with Crippen molar-refractivity contribution in [2.45, 2.75) is 19.0 Å². The van der Waals surface area contributed by atoms with Gasteiger partial charge in [0, 0.05) is 11.6 Å². The number of carbonyl (C=O) groups excluding carboxylic acids is 1. The molecule has 1 aromatic heterocycles. The van der Waals surface area contributed by atoms with Gasteiger partial charge in [0.05, 0.1) is 29.8 Å². The van der Waals surface area contributed by atoms with Gasteiger partial charge in [-0.15, -0.1) is 0 Å². The van der Waals surface area contributed by atoms with Gasteiger partial charge in [-0.2, -0.15) is 0 Å². The smallest absolute Gasteiger partial charge is 0.224 e. The maximum atomic E-state index is 13.4. The van der Waals surface area contributed by atoms with E-state index in [1.807, 2.05) is 41.0 Å². The summed E-state index contributed by atoms with van der Waals surface area (Å²) in [5, 5.41) is 3.71. The molecule has 4 nitrogen and oxygen atoms in total. The molecular formula is C23H19ClFN3O. The number of imidazole rings is 1. The quantitative estimate of drug-likeness (QED) is 0.492. The van der Waals surface area contributed by atoms with E-state index in [4.69, 9.17) is 11.6 Å². The summed E-state index contributed by atoms with van der Waals surface area (Å²) in [4.78, 5) is 17.1. The molecule has 0 saturated heterocycles. The highest BCUT2D eigenvalue weighted by Gasteiger charge is 2.17. The van der Waals surface area contributed by atoms with Crippen molar-refractivity contribution in [1.29, 1.82) is 0 Å². The normalized spacial score (nSPS) is 12.1. The summed E-state index contributed by atoms with van der Waals surface area (Å²) in [5.41, 5.74) is 3.57. The van der Waals surface area contributed by atoms with E-state index in [2.05, 4.69) is 10.3 Å². The molecule has 6 heteroatoms. The fraction of sp³-hybridized carbons (Fsp3) is 0.130. The molecule has 3 aromatic carbocycles. The minimum Gasteiger partial charge on any atom is -0.347 e. The Bertz CT molecular complexity index is 1120. The molecule has 4 rings (SSSR count). The summed E-state index contributed by atoms with van der Waals surface area (Å²) in [5.74, 6) is -0.431. The molecule has 0 bridgehead atoms. The lowest BCUT2D eigenvalue weighted by Gasteiger charge is -2.20. The number of hydrogen-bond donors (Lipinski definition) is 1. The number of rotatable bonds is 6. The number of nitrogens with one attached hydrogen (secondary N) is 1. The summed E-state index contributed by atoms with van der Waals surface area (Å²) in [7, 11) is 0. The van der Waals surface area contributed by atoms with Crippen molar-refractivity contribution in [3.63, 3.8) is 0 Å². The van der Waals surface area contributed by atoms with Crippen LogP contribution in [0.2, 0.25) is 5.02 Å². The van der Waals surface area contributed by atoms with Crippen LogP contribution in [0, 0.1) is 5.82 Å². The lowest BCUT2D eigenvalue weighted by Crippen LogP contribution is -2.32. The van der Waals surface area contributed by atoms with Crippen LogP contribution in [0.1, 0.15) is 17.2 Å². The van der Waals surface area contributed by atoms with Crippen LogP contribution in [0.15, 0.2) is 79.1 Å². The average molecular weight is 408 g/mol. The molecule has 0 aliphatic heterocycles. The number of nitrogens with zero attached hydrogens (tertiary/aromatic N) is 2. The van der Waals surface area contributed by atoms with E-state index >= 15 is 0 Å². The molecule has 0 aliphatic carbocycles. The molecule has 0 saturated carbocycles. The van der Waals surface area contributed by atoms with Gasteiger partial charge in [0.1, 0.15) is 5.82 Å². The fourth-order valence-corrected chi connectivity index (χ4v) is 3.44. The Hall–Kier alpha value is -3.18. The zero-order valence-electron chi connectivity index (χ0n) is 15.6. The molecule has 1 N–H and O–H groups in total. The third-order valence-corrected chi connectivity index (χ3v) is 5.04. The van der Waals surface area contributed by atoms with Crippen molar-refractivity contribution < 1.29 is 9.18 Å². The van der Waals surface area contributed by atoms with Crippen LogP contribution in [-0.2, 0) is 17.8 Å². The maximum absolute atomic E-state index is 13.4. The topological polar surface area (TPSA) is 46.9 Å². The SMILES string of the molecule is O=C(Cc1ccc(Cl)cc1)NC(Cn1cnc2ccccc21)c1ccc(F)cc1. The lowest BCUT2D eigenvalue weighted by atomic mass is 10.1. The number of fused-ring (bicyclic) bond motifs is 1. The van der Waals surface area contributed by atoms with Crippen LogP contribution in [0.25, 0.3) is 11.0 Å². The minimum atomic E-state index is -0.326. The molecule has 1 unspecified atom stereocenters. The Kier molecular flexibility index (Phi) is 5.58. The van der Waals surface area contributed by atoms with Gasteiger partial charge < -0.3 is 9.88 Å². The number of hydrogen-bond acceptors (Lipinski definition) is 2.